The van der Waals surface area contributed by atoms with Crippen molar-refractivity contribution in [3.05, 3.63) is 88.7 Å². The maximum Gasteiger partial charge on any atom is 0.417 e. The summed E-state index contributed by atoms with van der Waals surface area (Å²) in [6, 6.07) is 11.3. The lowest BCUT2D eigenvalue weighted by molar-refractivity contribution is -0.138. The van der Waals surface area contributed by atoms with Gasteiger partial charge < -0.3 is 5.32 Å². The van der Waals surface area contributed by atoms with Gasteiger partial charge in [-0.05, 0) is 42.8 Å². The highest BCUT2D eigenvalue weighted by molar-refractivity contribution is 7.91. The van der Waals surface area contributed by atoms with E-state index < -0.39 is 62.3 Å². The van der Waals surface area contributed by atoms with Crippen LogP contribution >= 0.6 is 11.6 Å². The second-order valence-electron chi connectivity index (χ2n) is 7.60. The van der Waals surface area contributed by atoms with Crippen LogP contribution in [-0.4, -0.2) is 19.3 Å². The molecule has 1 atom stereocenters. The quantitative estimate of drug-likeness (QED) is 0.332. The van der Waals surface area contributed by atoms with Crippen LogP contribution in [0.5, 0.6) is 0 Å². The summed E-state index contributed by atoms with van der Waals surface area (Å²) in [6.07, 6.45) is -9.93. The Morgan fingerprint density at radius 1 is 0.917 bits per heavy atom. The second-order valence-corrected chi connectivity index (χ2v) is 10.1. The first-order chi connectivity index (χ1) is 16.7. The molecule has 0 fully saturated rings. The van der Waals surface area contributed by atoms with Gasteiger partial charge in [0.1, 0.15) is 5.25 Å². The molecule has 0 spiro atoms. The molecule has 0 saturated heterocycles. The Morgan fingerprint density at radius 2 is 1.56 bits per heavy atom. The number of halogens is 7. The van der Waals surface area contributed by atoms with Crippen molar-refractivity contribution in [1.82, 2.24) is 4.98 Å². The van der Waals surface area contributed by atoms with Crippen molar-refractivity contribution in [1.29, 1.82) is 0 Å². The van der Waals surface area contributed by atoms with Crippen LogP contribution in [-0.2, 0) is 27.0 Å². The Kier molecular flexibility index (Phi) is 7.99. The number of carbonyl (C=O) groups is 1. The predicted molar refractivity (Wildman–Crippen MR) is 120 cm³/mol. The molecule has 1 aromatic heterocycles. The summed E-state index contributed by atoms with van der Waals surface area (Å²) in [5, 5.41) is 0.0885. The summed E-state index contributed by atoms with van der Waals surface area (Å²) in [5.74, 6) is -0.814. The minimum Gasteiger partial charge on any atom is -0.326 e. The third-order valence-electron chi connectivity index (χ3n) is 5.06. The molecule has 0 saturated carbocycles. The van der Waals surface area contributed by atoms with Gasteiger partial charge in [-0.1, -0.05) is 35.9 Å². The predicted octanol–water partition coefficient (Wildman–Crippen LogP) is 6.71. The van der Waals surface area contributed by atoms with E-state index in [1.54, 1.807) is 6.07 Å². The van der Waals surface area contributed by atoms with E-state index in [0.29, 0.717) is 18.3 Å². The standard InChI is InChI=1S/C23H17ClF6N2O3S/c24-18-12-15(23(28,29)30)13-31-21(18)19(36(34,35)17-7-2-1-3-8-17)9-10-20(33)32-16-6-4-5-14(11-16)22(25,26)27/h1-8,11-13,19H,9-10H2,(H,32,33)/t19-/m0/s1. The molecule has 3 aromatic rings. The molecule has 2 aromatic carbocycles. The van der Waals surface area contributed by atoms with E-state index in [0.717, 1.165) is 12.1 Å². The van der Waals surface area contributed by atoms with Gasteiger partial charge in [-0.25, -0.2) is 8.42 Å². The number of hydrogen-bond acceptors (Lipinski definition) is 4. The van der Waals surface area contributed by atoms with Gasteiger partial charge in [-0.3, -0.25) is 9.78 Å². The normalized spacial score (nSPS) is 13.3. The van der Waals surface area contributed by atoms with Crippen LogP contribution in [0, 0.1) is 0 Å². The maximum atomic E-state index is 13.3. The first-order valence-electron chi connectivity index (χ1n) is 10.2. The first-order valence-corrected chi connectivity index (χ1v) is 12.1. The van der Waals surface area contributed by atoms with E-state index in [-0.39, 0.29) is 16.3 Å². The molecule has 0 aliphatic rings. The summed E-state index contributed by atoms with van der Waals surface area (Å²) in [6.45, 7) is 0. The minimum atomic E-state index is -4.77. The molecule has 36 heavy (non-hydrogen) atoms. The largest absolute Gasteiger partial charge is 0.417 e. The highest BCUT2D eigenvalue weighted by atomic mass is 35.5. The molecule has 13 heteroatoms. The molecule has 5 nitrogen and oxygen atoms in total. The summed E-state index contributed by atoms with van der Waals surface area (Å²) >= 11 is 5.99. The smallest absolute Gasteiger partial charge is 0.326 e. The number of rotatable bonds is 7. The fraction of sp³-hybridized carbons (Fsp3) is 0.217. The van der Waals surface area contributed by atoms with E-state index in [2.05, 4.69) is 10.3 Å². The lowest BCUT2D eigenvalue weighted by Crippen LogP contribution is -2.20. The van der Waals surface area contributed by atoms with Gasteiger partial charge in [0.2, 0.25) is 5.91 Å². The zero-order valence-corrected chi connectivity index (χ0v) is 19.6. The molecule has 0 aliphatic carbocycles. The molecule has 1 amide bonds. The lowest BCUT2D eigenvalue weighted by atomic mass is 10.1. The van der Waals surface area contributed by atoms with Gasteiger partial charge in [0, 0.05) is 18.3 Å². The van der Waals surface area contributed by atoms with Crippen LogP contribution in [0.25, 0.3) is 0 Å². The van der Waals surface area contributed by atoms with Gasteiger partial charge in [-0.15, -0.1) is 0 Å². The van der Waals surface area contributed by atoms with E-state index >= 15 is 0 Å². The van der Waals surface area contributed by atoms with Crippen LogP contribution in [0.4, 0.5) is 32.0 Å². The number of amides is 1. The van der Waals surface area contributed by atoms with Crippen LogP contribution < -0.4 is 5.32 Å². The fourth-order valence-electron chi connectivity index (χ4n) is 3.31. The average Bonchev–Trinajstić information content (AvgIpc) is 2.79. The highest BCUT2D eigenvalue weighted by Gasteiger charge is 2.36. The van der Waals surface area contributed by atoms with Crippen LogP contribution in [0.15, 0.2) is 71.8 Å². The number of carbonyl (C=O) groups excluding carboxylic acids is 1. The minimum absolute atomic E-state index is 0.164. The number of hydrogen-bond donors (Lipinski definition) is 1. The highest BCUT2D eigenvalue weighted by Crippen LogP contribution is 2.38. The summed E-state index contributed by atoms with van der Waals surface area (Å²) in [7, 11) is -4.28. The number of benzene rings is 2. The maximum absolute atomic E-state index is 13.3. The lowest BCUT2D eigenvalue weighted by Gasteiger charge is -2.19. The van der Waals surface area contributed by atoms with Crippen molar-refractivity contribution >= 4 is 33.0 Å². The summed E-state index contributed by atoms with van der Waals surface area (Å²) in [4.78, 5) is 15.9. The Morgan fingerprint density at radius 3 is 2.14 bits per heavy atom. The van der Waals surface area contributed by atoms with E-state index in [1.807, 2.05) is 0 Å². The van der Waals surface area contributed by atoms with Gasteiger partial charge in [0.15, 0.2) is 9.84 Å². The SMILES string of the molecule is O=C(CC[C@@H](c1ncc(C(F)(F)F)cc1Cl)S(=O)(=O)c1ccccc1)Nc1cccc(C(F)(F)F)c1. The van der Waals surface area contributed by atoms with Crippen molar-refractivity contribution in [3.8, 4) is 0 Å². The number of aromatic nitrogens is 1. The third-order valence-corrected chi connectivity index (χ3v) is 7.50. The topological polar surface area (TPSA) is 76.1 Å². The van der Waals surface area contributed by atoms with E-state index in [9.17, 15) is 39.6 Å². The van der Waals surface area contributed by atoms with Gasteiger partial charge in [0.05, 0.1) is 26.7 Å². The molecule has 0 aliphatic heterocycles. The van der Waals surface area contributed by atoms with Gasteiger partial charge >= 0.3 is 12.4 Å². The molecular weight excluding hydrogens is 534 g/mol. The second kappa shape index (κ2) is 10.5. The first kappa shape index (κ1) is 27.5. The fourth-order valence-corrected chi connectivity index (χ4v) is 5.45. The van der Waals surface area contributed by atoms with E-state index in [1.165, 1.54) is 30.3 Å². The Bertz CT molecular complexity index is 1350. The zero-order chi connectivity index (χ0) is 26.7. The van der Waals surface area contributed by atoms with Crippen molar-refractivity contribution in [2.45, 2.75) is 35.3 Å². The molecule has 1 N–H and O–H groups in total. The molecule has 0 radical (unpaired) electrons. The van der Waals surface area contributed by atoms with Crippen LogP contribution in [0.3, 0.4) is 0 Å². The summed E-state index contributed by atoms with van der Waals surface area (Å²) in [5.41, 5.74) is -2.73. The number of pyridine rings is 1. The van der Waals surface area contributed by atoms with Gasteiger partial charge in [-0.2, -0.15) is 26.3 Å². The Balaban J connectivity index is 1.90. The number of anilines is 1. The molecule has 0 unspecified atom stereocenters. The monoisotopic (exact) mass is 550 g/mol. The van der Waals surface area contributed by atoms with Gasteiger partial charge in [0.25, 0.3) is 0 Å². The Labute approximate surface area is 207 Å². The van der Waals surface area contributed by atoms with Crippen molar-refractivity contribution in [2.24, 2.45) is 0 Å². The summed E-state index contributed by atoms with van der Waals surface area (Å²) < 4.78 is 104. The number of sulfone groups is 1. The molecule has 0 bridgehead atoms. The third kappa shape index (κ3) is 6.55. The number of alkyl halides is 6. The van der Waals surface area contributed by atoms with Crippen molar-refractivity contribution in [3.63, 3.8) is 0 Å². The van der Waals surface area contributed by atoms with Crippen LogP contribution in [0.1, 0.15) is 34.9 Å². The van der Waals surface area contributed by atoms with Crippen molar-refractivity contribution < 1.29 is 39.6 Å². The molecular formula is C23H17ClF6N2O3S. The molecule has 3 rings (SSSR count). The number of nitrogens with one attached hydrogen (secondary N) is 1. The van der Waals surface area contributed by atoms with Crippen LogP contribution in [0.2, 0.25) is 5.02 Å². The average molecular weight is 551 g/mol. The zero-order valence-electron chi connectivity index (χ0n) is 18.1. The Hall–Kier alpha value is -3.12. The molecule has 192 valence electrons. The van der Waals surface area contributed by atoms with Crippen molar-refractivity contribution in [2.75, 3.05) is 5.32 Å². The van der Waals surface area contributed by atoms with E-state index in [4.69, 9.17) is 11.6 Å². The molecule has 1 heterocycles. The number of nitrogens with zero attached hydrogens (tertiary/aromatic N) is 1.